The molecule has 0 aromatic heterocycles. The highest BCUT2D eigenvalue weighted by Gasteiger charge is 2.29. The fourth-order valence-electron chi connectivity index (χ4n) is 2.32. The van der Waals surface area contributed by atoms with Crippen LogP contribution < -0.4 is 10.5 Å². The molecule has 0 aliphatic carbocycles. The summed E-state index contributed by atoms with van der Waals surface area (Å²) < 4.78 is 22.4. The Kier molecular flexibility index (Phi) is 4.12. The number of nitrogens with two attached hydrogens (primary N) is 1. The van der Waals surface area contributed by atoms with Crippen molar-refractivity contribution in [3.8, 4) is 0 Å². The fraction of sp³-hybridized carbons (Fsp3) is 0.462. The van der Waals surface area contributed by atoms with Crippen LogP contribution in [0.1, 0.15) is 24.9 Å². The Morgan fingerprint density at radius 1 is 1.35 bits per heavy atom. The minimum Gasteiger partial charge on any atom is -0.344 e. The molecule has 2 atom stereocenters. The van der Waals surface area contributed by atoms with Crippen LogP contribution in [-0.4, -0.2) is 38.9 Å². The summed E-state index contributed by atoms with van der Waals surface area (Å²) in [5.41, 5.74) is 0.916. The van der Waals surface area contributed by atoms with Gasteiger partial charge >= 0.3 is 0 Å². The molecule has 3 N–H and O–H groups in total. The molecule has 1 amide bonds. The van der Waals surface area contributed by atoms with E-state index in [1.807, 2.05) is 6.92 Å². The SMILES string of the molecule is CC(NC1CCN(C)C1=O)c1ccc(S(N)(=O)=O)cc1. The van der Waals surface area contributed by atoms with Crippen LogP contribution >= 0.6 is 0 Å². The number of carbonyl (C=O) groups excluding carboxylic acids is 1. The van der Waals surface area contributed by atoms with Crippen LogP contribution in [0.15, 0.2) is 29.2 Å². The summed E-state index contributed by atoms with van der Waals surface area (Å²) in [6.45, 7) is 2.70. The van der Waals surface area contributed by atoms with Gasteiger partial charge in [0.05, 0.1) is 10.9 Å². The molecule has 20 heavy (non-hydrogen) atoms. The molecule has 0 spiro atoms. The van der Waals surface area contributed by atoms with Gasteiger partial charge in [0.1, 0.15) is 0 Å². The van der Waals surface area contributed by atoms with E-state index in [1.165, 1.54) is 12.1 Å². The minimum atomic E-state index is -3.66. The second-order valence-electron chi connectivity index (χ2n) is 5.10. The van der Waals surface area contributed by atoms with Crippen LogP contribution in [-0.2, 0) is 14.8 Å². The normalized spacial score (nSPS) is 21.2. The summed E-state index contributed by atoms with van der Waals surface area (Å²) in [5.74, 6) is 0.0954. The van der Waals surface area contributed by atoms with E-state index in [4.69, 9.17) is 5.14 Å². The molecule has 2 rings (SSSR count). The molecule has 1 saturated heterocycles. The molecule has 1 aromatic carbocycles. The molecule has 2 unspecified atom stereocenters. The molecule has 110 valence electrons. The Morgan fingerprint density at radius 3 is 2.40 bits per heavy atom. The monoisotopic (exact) mass is 297 g/mol. The average molecular weight is 297 g/mol. The third-order valence-electron chi connectivity index (χ3n) is 3.59. The Morgan fingerprint density at radius 2 is 1.95 bits per heavy atom. The molecule has 1 fully saturated rings. The zero-order valence-corrected chi connectivity index (χ0v) is 12.4. The van der Waals surface area contributed by atoms with E-state index in [9.17, 15) is 13.2 Å². The first-order chi connectivity index (χ1) is 9.29. The molecular formula is C13H19N3O3S. The Hall–Kier alpha value is -1.44. The standard InChI is InChI=1S/C13H19N3O3S/c1-9(15-12-7-8-16(2)13(12)17)10-3-5-11(6-4-10)20(14,18)19/h3-6,9,12,15H,7-8H2,1-2H3,(H2,14,18,19). The summed E-state index contributed by atoms with van der Waals surface area (Å²) in [7, 11) is -1.88. The van der Waals surface area contributed by atoms with E-state index in [2.05, 4.69) is 5.32 Å². The van der Waals surface area contributed by atoms with Gasteiger partial charge in [-0.25, -0.2) is 13.6 Å². The maximum atomic E-state index is 11.8. The van der Waals surface area contributed by atoms with Gasteiger partial charge < -0.3 is 4.90 Å². The van der Waals surface area contributed by atoms with Crippen LogP contribution in [0.2, 0.25) is 0 Å². The third-order valence-corrected chi connectivity index (χ3v) is 4.52. The van der Waals surface area contributed by atoms with E-state index >= 15 is 0 Å². The third kappa shape index (κ3) is 3.17. The molecule has 0 radical (unpaired) electrons. The maximum Gasteiger partial charge on any atom is 0.239 e. The largest absolute Gasteiger partial charge is 0.344 e. The second kappa shape index (κ2) is 5.51. The lowest BCUT2D eigenvalue weighted by Gasteiger charge is -2.19. The molecule has 0 bridgehead atoms. The first-order valence-electron chi connectivity index (χ1n) is 6.43. The minimum absolute atomic E-state index is 0.0371. The highest BCUT2D eigenvalue weighted by Crippen LogP contribution is 2.18. The van der Waals surface area contributed by atoms with Crippen molar-refractivity contribution in [2.45, 2.75) is 30.3 Å². The van der Waals surface area contributed by atoms with Gasteiger partial charge in [-0.2, -0.15) is 0 Å². The summed E-state index contributed by atoms with van der Waals surface area (Å²) in [4.78, 5) is 13.6. The number of nitrogens with zero attached hydrogens (tertiary/aromatic N) is 1. The predicted molar refractivity (Wildman–Crippen MR) is 75.4 cm³/mol. The van der Waals surface area contributed by atoms with Gasteiger partial charge in [-0.15, -0.1) is 0 Å². The Bertz CT molecular complexity index is 598. The number of amides is 1. The number of hydrogen-bond donors (Lipinski definition) is 2. The number of sulfonamides is 1. The lowest BCUT2D eigenvalue weighted by atomic mass is 10.1. The summed E-state index contributed by atoms with van der Waals surface area (Å²) in [5, 5.41) is 8.32. The average Bonchev–Trinajstić information content (AvgIpc) is 2.70. The zero-order valence-electron chi connectivity index (χ0n) is 11.5. The Labute approximate surface area is 119 Å². The number of likely N-dealkylation sites (N-methyl/N-ethyl adjacent to an activating group) is 1. The summed E-state index contributed by atoms with van der Waals surface area (Å²) in [6.07, 6.45) is 0.787. The van der Waals surface area contributed by atoms with Crippen molar-refractivity contribution in [1.82, 2.24) is 10.2 Å². The van der Waals surface area contributed by atoms with E-state index in [-0.39, 0.29) is 22.9 Å². The quantitative estimate of drug-likeness (QED) is 0.831. The maximum absolute atomic E-state index is 11.8. The highest BCUT2D eigenvalue weighted by molar-refractivity contribution is 7.89. The van der Waals surface area contributed by atoms with Gasteiger partial charge in [-0.3, -0.25) is 10.1 Å². The smallest absolute Gasteiger partial charge is 0.239 e. The van der Waals surface area contributed by atoms with Crippen LogP contribution in [0.5, 0.6) is 0 Å². The number of rotatable bonds is 4. The molecule has 1 aromatic rings. The summed E-state index contributed by atoms with van der Waals surface area (Å²) in [6, 6.07) is 6.16. The van der Waals surface area contributed by atoms with Gasteiger partial charge in [-0.05, 0) is 31.0 Å². The van der Waals surface area contributed by atoms with E-state index < -0.39 is 10.0 Å². The van der Waals surface area contributed by atoms with Crippen LogP contribution in [0.4, 0.5) is 0 Å². The van der Waals surface area contributed by atoms with Gasteiger partial charge in [0.15, 0.2) is 0 Å². The van der Waals surface area contributed by atoms with Gasteiger partial charge in [-0.1, -0.05) is 12.1 Å². The van der Waals surface area contributed by atoms with Crippen LogP contribution in [0, 0.1) is 0 Å². The van der Waals surface area contributed by atoms with E-state index in [0.717, 1.165) is 18.5 Å². The fourth-order valence-corrected chi connectivity index (χ4v) is 2.84. The van der Waals surface area contributed by atoms with Gasteiger partial charge in [0.25, 0.3) is 0 Å². The number of nitrogens with one attached hydrogen (secondary N) is 1. The molecule has 1 aliphatic rings. The van der Waals surface area contributed by atoms with Crippen molar-refractivity contribution in [1.29, 1.82) is 0 Å². The first kappa shape index (κ1) is 15.0. The molecule has 1 aliphatic heterocycles. The van der Waals surface area contributed by atoms with E-state index in [0.29, 0.717) is 0 Å². The zero-order chi connectivity index (χ0) is 14.9. The van der Waals surface area contributed by atoms with Gasteiger partial charge in [0, 0.05) is 19.6 Å². The molecule has 6 nitrogen and oxygen atoms in total. The van der Waals surface area contributed by atoms with Crippen molar-refractivity contribution in [2.75, 3.05) is 13.6 Å². The number of hydrogen-bond acceptors (Lipinski definition) is 4. The summed E-state index contributed by atoms with van der Waals surface area (Å²) >= 11 is 0. The lowest BCUT2D eigenvalue weighted by molar-refractivity contribution is -0.128. The molecule has 7 heteroatoms. The van der Waals surface area contributed by atoms with Crippen molar-refractivity contribution in [3.63, 3.8) is 0 Å². The van der Waals surface area contributed by atoms with Crippen molar-refractivity contribution in [3.05, 3.63) is 29.8 Å². The number of likely N-dealkylation sites (tertiary alicyclic amines) is 1. The highest BCUT2D eigenvalue weighted by atomic mass is 32.2. The Balaban J connectivity index is 2.06. The van der Waals surface area contributed by atoms with Crippen LogP contribution in [0.25, 0.3) is 0 Å². The molecular weight excluding hydrogens is 278 g/mol. The van der Waals surface area contributed by atoms with Crippen molar-refractivity contribution >= 4 is 15.9 Å². The molecule has 0 saturated carbocycles. The van der Waals surface area contributed by atoms with E-state index in [1.54, 1.807) is 24.1 Å². The molecule has 1 heterocycles. The topological polar surface area (TPSA) is 92.5 Å². The predicted octanol–water partition coefficient (Wildman–Crippen LogP) is 0.215. The number of benzene rings is 1. The second-order valence-corrected chi connectivity index (χ2v) is 6.66. The van der Waals surface area contributed by atoms with Crippen molar-refractivity contribution in [2.24, 2.45) is 5.14 Å². The van der Waals surface area contributed by atoms with Crippen molar-refractivity contribution < 1.29 is 13.2 Å². The van der Waals surface area contributed by atoms with Crippen LogP contribution in [0.3, 0.4) is 0 Å². The first-order valence-corrected chi connectivity index (χ1v) is 7.97. The lowest BCUT2D eigenvalue weighted by Crippen LogP contribution is -2.38. The number of primary sulfonamides is 1. The van der Waals surface area contributed by atoms with Gasteiger partial charge in [0.2, 0.25) is 15.9 Å². The number of carbonyl (C=O) groups is 1.